The third kappa shape index (κ3) is 6.39. The number of carbonyl (C=O) groups excluding carboxylic acids is 1. The number of halogens is 2. The summed E-state index contributed by atoms with van der Waals surface area (Å²) in [5, 5.41) is 22.1. The van der Waals surface area contributed by atoms with Crippen molar-refractivity contribution in [2.45, 2.75) is 55.0 Å². The van der Waals surface area contributed by atoms with Gasteiger partial charge in [0.2, 0.25) is 5.91 Å². The Morgan fingerprint density at radius 3 is 2.61 bits per heavy atom. The Balaban J connectivity index is 0.972. The monoisotopic (exact) mass is 777 g/mol. The molecule has 3 aromatic heterocycles. The lowest BCUT2D eigenvalue weighted by atomic mass is 9.96. The van der Waals surface area contributed by atoms with Gasteiger partial charge in [-0.2, -0.15) is 18.4 Å². The number of pyridine rings is 1. The molecule has 2 unspecified atom stereocenters. The fourth-order valence-corrected chi connectivity index (χ4v) is 8.50. The summed E-state index contributed by atoms with van der Waals surface area (Å²) in [6.07, 6.45) is 11.9. The summed E-state index contributed by atoms with van der Waals surface area (Å²) in [7, 11) is -4.13. The lowest BCUT2D eigenvalue weighted by molar-refractivity contribution is -0.116. The Morgan fingerprint density at radius 2 is 1.86 bits per heavy atom. The van der Waals surface area contributed by atoms with Crippen LogP contribution in [0.15, 0.2) is 66.0 Å². The van der Waals surface area contributed by atoms with Crippen LogP contribution < -0.4 is 20.3 Å². The van der Waals surface area contributed by atoms with Gasteiger partial charge in [-0.1, -0.05) is 30.2 Å². The standard InChI is InChI=1S/C39H33F2N9O5S/c1-2-26-29(40)12-8-21-4-3-5-27(33(21)26)35-34(41)36-28(17-42-35)38(49-18-23-9-10-24(19-49)44-23)47-39(46-36)55-15-14-32(52)45-30-13-11-25(16-31(30)51)56(53,54)50-20-43-37(48-50)22-6-7-22/h1,3-5,8,11-13,16-17,20,22-24,44,51H,6-7,9-10,14-15,18-19H2,(H,45,52). The molecule has 3 N–H and O–H groups in total. The van der Waals surface area contributed by atoms with Gasteiger partial charge in [-0.25, -0.2) is 13.8 Å². The van der Waals surface area contributed by atoms with Gasteiger partial charge in [0.25, 0.3) is 10.0 Å². The highest BCUT2D eigenvalue weighted by Gasteiger charge is 2.34. The summed E-state index contributed by atoms with van der Waals surface area (Å²) < 4.78 is 64.4. The van der Waals surface area contributed by atoms with Crippen molar-refractivity contribution in [1.82, 2.24) is 34.4 Å². The zero-order valence-electron chi connectivity index (χ0n) is 29.6. The number of carbonyl (C=O) groups is 1. The largest absolute Gasteiger partial charge is 0.506 e. The van der Waals surface area contributed by atoms with Crippen LogP contribution in [0.3, 0.4) is 0 Å². The average Bonchev–Trinajstić information content (AvgIpc) is 3.81. The molecule has 3 aromatic carbocycles. The maximum atomic E-state index is 16.8. The molecule has 2 aliphatic heterocycles. The van der Waals surface area contributed by atoms with E-state index in [1.54, 1.807) is 24.3 Å². The summed E-state index contributed by atoms with van der Waals surface area (Å²) in [5.41, 5.74) is 0.111. The average molecular weight is 778 g/mol. The van der Waals surface area contributed by atoms with Crippen molar-refractivity contribution in [3.63, 3.8) is 0 Å². The summed E-state index contributed by atoms with van der Waals surface area (Å²) >= 11 is 0. The number of phenolic OH excluding ortho intramolecular Hbond substituents is 1. The molecule has 2 saturated heterocycles. The first-order valence-corrected chi connectivity index (χ1v) is 19.5. The minimum Gasteiger partial charge on any atom is -0.506 e. The molecule has 56 heavy (non-hydrogen) atoms. The molecule has 14 nitrogen and oxygen atoms in total. The third-order valence-electron chi connectivity index (χ3n) is 10.3. The number of nitrogens with zero attached hydrogens (tertiary/aromatic N) is 7. The second-order valence-electron chi connectivity index (χ2n) is 14.1. The third-order valence-corrected chi connectivity index (χ3v) is 11.9. The highest BCUT2D eigenvalue weighted by molar-refractivity contribution is 7.89. The predicted octanol–water partition coefficient (Wildman–Crippen LogP) is 4.86. The van der Waals surface area contributed by atoms with Gasteiger partial charge in [0, 0.05) is 54.3 Å². The topological polar surface area (TPSA) is 177 Å². The first kappa shape index (κ1) is 35.5. The summed E-state index contributed by atoms with van der Waals surface area (Å²) in [6, 6.07) is 11.7. The van der Waals surface area contributed by atoms with E-state index < -0.39 is 33.3 Å². The van der Waals surface area contributed by atoms with E-state index in [1.807, 2.05) is 0 Å². The van der Waals surface area contributed by atoms with Crippen LogP contribution in [0, 0.1) is 24.0 Å². The van der Waals surface area contributed by atoms with E-state index >= 15 is 4.39 Å². The smallest absolute Gasteiger partial charge is 0.319 e. The second kappa shape index (κ2) is 13.8. The zero-order valence-corrected chi connectivity index (χ0v) is 30.4. The van der Waals surface area contributed by atoms with Crippen molar-refractivity contribution in [3.05, 3.63) is 84.1 Å². The summed E-state index contributed by atoms with van der Waals surface area (Å²) in [4.78, 5) is 32.5. The molecular formula is C39H33F2N9O5S. The minimum absolute atomic E-state index is 0.00955. The number of aromatic hydroxyl groups is 1. The summed E-state index contributed by atoms with van der Waals surface area (Å²) in [6.45, 7) is 1.01. The summed E-state index contributed by atoms with van der Waals surface area (Å²) in [5.74, 6) is 0.995. The normalized spacial score (nSPS) is 18.0. The quantitative estimate of drug-likeness (QED) is 0.127. The molecule has 5 heterocycles. The SMILES string of the molecule is C#Cc1c(F)ccc2cccc(-c3ncc4c(N5CC6CCC(C5)N6)nc(OCCC(=O)Nc5ccc(S(=O)(=O)n6cnc(C7CC7)n6)cc5O)nc4c3F)c12. The molecule has 6 aromatic rings. The number of phenols is 1. The van der Waals surface area contributed by atoms with Gasteiger partial charge in [0.15, 0.2) is 11.6 Å². The molecular weight excluding hydrogens is 745 g/mol. The highest BCUT2D eigenvalue weighted by atomic mass is 32.2. The van der Waals surface area contributed by atoms with Crippen LogP contribution in [0.25, 0.3) is 32.9 Å². The maximum Gasteiger partial charge on any atom is 0.319 e. The molecule has 9 rings (SSSR count). The van der Waals surface area contributed by atoms with Crippen molar-refractivity contribution < 1.29 is 31.8 Å². The van der Waals surface area contributed by atoms with Crippen molar-refractivity contribution in [2.24, 2.45) is 0 Å². The van der Waals surface area contributed by atoms with Crippen molar-refractivity contribution in [2.75, 3.05) is 29.9 Å². The number of hydrogen-bond donors (Lipinski definition) is 3. The predicted molar refractivity (Wildman–Crippen MR) is 202 cm³/mol. The van der Waals surface area contributed by atoms with E-state index in [-0.39, 0.29) is 64.4 Å². The fraction of sp³-hybridized carbons (Fsp3) is 0.282. The van der Waals surface area contributed by atoms with E-state index in [0.717, 1.165) is 42.2 Å². The number of ether oxygens (including phenoxy) is 1. The lowest BCUT2D eigenvalue weighted by Gasteiger charge is -2.34. The van der Waals surface area contributed by atoms with Crippen LogP contribution in [0.2, 0.25) is 0 Å². The van der Waals surface area contributed by atoms with Crippen LogP contribution in [0.4, 0.5) is 20.3 Å². The van der Waals surface area contributed by atoms with E-state index in [4.69, 9.17) is 11.2 Å². The Bertz CT molecular complexity index is 2720. The molecule has 2 atom stereocenters. The van der Waals surface area contributed by atoms with E-state index in [1.165, 1.54) is 24.4 Å². The van der Waals surface area contributed by atoms with Crippen LogP contribution in [-0.4, -0.2) is 80.3 Å². The van der Waals surface area contributed by atoms with Crippen LogP contribution in [0.5, 0.6) is 11.8 Å². The second-order valence-corrected chi connectivity index (χ2v) is 15.9. The first-order chi connectivity index (χ1) is 27.1. The van der Waals surface area contributed by atoms with Gasteiger partial charge in [-0.3, -0.25) is 9.78 Å². The van der Waals surface area contributed by atoms with Gasteiger partial charge >= 0.3 is 6.01 Å². The Hall–Kier alpha value is -6.25. The molecule has 3 aliphatic rings. The highest BCUT2D eigenvalue weighted by Crippen LogP contribution is 2.39. The van der Waals surface area contributed by atoms with Crippen LogP contribution >= 0.6 is 0 Å². The maximum absolute atomic E-state index is 16.8. The minimum atomic E-state index is -4.13. The van der Waals surface area contributed by atoms with Gasteiger partial charge in [0.05, 0.1) is 28.0 Å². The number of amides is 1. The molecule has 1 aliphatic carbocycles. The molecule has 0 radical (unpaired) electrons. The Morgan fingerprint density at radius 1 is 1.05 bits per heavy atom. The molecule has 1 amide bonds. The number of terminal acetylenes is 1. The number of nitrogens with one attached hydrogen (secondary N) is 2. The van der Waals surface area contributed by atoms with E-state index in [2.05, 4.69) is 46.5 Å². The number of fused-ring (bicyclic) bond motifs is 4. The van der Waals surface area contributed by atoms with Gasteiger partial charge in [-0.05, 0) is 49.3 Å². The lowest BCUT2D eigenvalue weighted by Crippen LogP contribution is -2.51. The fourth-order valence-electron chi connectivity index (χ4n) is 7.42. The van der Waals surface area contributed by atoms with Crippen LogP contribution in [0.1, 0.15) is 49.4 Å². The van der Waals surface area contributed by atoms with Crippen LogP contribution in [-0.2, 0) is 14.8 Å². The van der Waals surface area contributed by atoms with Gasteiger partial charge < -0.3 is 25.4 Å². The molecule has 1 saturated carbocycles. The van der Waals surface area contributed by atoms with E-state index in [9.17, 15) is 22.7 Å². The number of piperazine rings is 1. The molecule has 2 bridgehead atoms. The number of aromatic nitrogens is 6. The van der Waals surface area contributed by atoms with Crippen molar-refractivity contribution in [1.29, 1.82) is 0 Å². The van der Waals surface area contributed by atoms with Crippen molar-refractivity contribution >= 4 is 49.1 Å². The van der Waals surface area contributed by atoms with Crippen molar-refractivity contribution in [3.8, 4) is 35.4 Å². The molecule has 3 fully saturated rings. The molecule has 17 heteroatoms. The number of anilines is 2. The number of rotatable bonds is 10. The first-order valence-electron chi connectivity index (χ1n) is 18.1. The zero-order chi connectivity index (χ0) is 38.7. The van der Waals surface area contributed by atoms with Gasteiger partial charge in [-0.15, -0.1) is 15.6 Å². The number of benzene rings is 3. The molecule has 0 spiro atoms. The Kier molecular flexibility index (Phi) is 8.74. The Labute approximate surface area is 319 Å². The number of hydrogen-bond acceptors (Lipinski definition) is 12. The van der Waals surface area contributed by atoms with E-state index in [0.29, 0.717) is 46.5 Å². The van der Waals surface area contributed by atoms with Gasteiger partial charge in [0.1, 0.15) is 41.5 Å². The molecule has 284 valence electrons.